The lowest BCUT2D eigenvalue weighted by atomic mass is 10.1. The number of nitrogens with one attached hydrogen (secondary N) is 1. The third-order valence-corrected chi connectivity index (χ3v) is 7.73. The molecule has 3 aromatic rings. The summed E-state index contributed by atoms with van der Waals surface area (Å²) in [4.78, 5) is 27.8. The van der Waals surface area contributed by atoms with E-state index in [-0.39, 0.29) is 23.0 Å². The Balaban J connectivity index is 2.03. The molecule has 0 saturated heterocycles. The molecular weight excluding hydrogens is 509 g/mol. The van der Waals surface area contributed by atoms with Gasteiger partial charge in [0, 0.05) is 13.6 Å². The Hall–Kier alpha value is -3.92. The first-order valence-electron chi connectivity index (χ1n) is 12.3. The Morgan fingerprint density at radius 2 is 1.58 bits per heavy atom. The fourth-order valence-electron chi connectivity index (χ4n) is 4.00. The van der Waals surface area contributed by atoms with Crippen molar-refractivity contribution in [2.24, 2.45) is 0 Å². The number of nitrogens with zero attached hydrogens (tertiary/aromatic N) is 2. The van der Waals surface area contributed by atoms with Crippen molar-refractivity contribution in [2.75, 3.05) is 24.5 Å². The molecule has 1 unspecified atom stereocenters. The summed E-state index contributed by atoms with van der Waals surface area (Å²) in [6.07, 6.45) is 0.320. The van der Waals surface area contributed by atoms with Crippen molar-refractivity contribution in [2.45, 2.75) is 37.8 Å². The second kappa shape index (κ2) is 13.0. The number of hydrogen-bond acceptors (Lipinski definition) is 5. The molecule has 8 nitrogen and oxygen atoms in total. The average Bonchev–Trinajstić information content (AvgIpc) is 2.93. The summed E-state index contributed by atoms with van der Waals surface area (Å²) in [6.45, 7) is 3.52. The largest absolute Gasteiger partial charge is 0.494 e. The highest BCUT2D eigenvalue weighted by Crippen LogP contribution is 2.26. The van der Waals surface area contributed by atoms with Gasteiger partial charge in [0.1, 0.15) is 24.2 Å². The van der Waals surface area contributed by atoms with Crippen LogP contribution in [0.1, 0.15) is 25.8 Å². The van der Waals surface area contributed by atoms with E-state index in [0.29, 0.717) is 18.8 Å². The maximum absolute atomic E-state index is 13.8. The van der Waals surface area contributed by atoms with Crippen LogP contribution in [0.4, 0.5) is 10.1 Å². The molecule has 0 bridgehead atoms. The monoisotopic (exact) mass is 541 g/mol. The van der Waals surface area contributed by atoms with Gasteiger partial charge >= 0.3 is 0 Å². The van der Waals surface area contributed by atoms with Crippen LogP contribution in [0.25, 0.3) is 0 Å². The molecule has 0 aliphatic heterocycles. The van der Waals surface area contributed by atoms with Gasteiger partial charge in [0.2, 0.25) is 11.8 Å². The molecule has 2 amide bonds. The van der Waals surface area contributed by atoms with Gasteiger partial charge in [-0.2, -0.15) is 0 Å². The minimum absolute atomic E-state index is 0.0639. The molecule has 38 heavy (non-hydrogen) atoms. The smallest absolute Gasteiger partial charge is 0.264 e. The van der Waals surface area contributed by atoms with Gasteiger partial charge in [-0.05, 0) is 67.4 Å². The van der Waals surface area contributed by atoms with Crippen molar-refractivity contribution in [1.82, 2.24) is 10.2 Å². The third kappa shape index (κ3) is 6.89. The standard InChI is InChI=1S/C28H32FN3O5S/c1-4-26(28(34)30-3)31(19-21-9-7-6-8-10-21)27(33)20-32(23-13-11-22(29)12-14-23)38(35,36)25-17-15-24(16-18-25)37-5-2/h6-18,26H,4-5,19-20H2,1-3H3,(H,30,34). The highest BCUT2D eigenvalue weighted by molar-refractivity contribution is 7.92. The lowest BCUT2D eigenvalue weighted by molar-refractivity contribution is -0.140. The van der Waals surface area contributed by atoms with E-state index in [1.807, 2.05) is 37.3 Å². The Bertz CT molecular complexity index is 1320. The zero-order chi connectivity index (χ0) is 27.7. The molecule has 0 aliphatic carbocycles. The summed E-state index contributed by atoms with van der Waals surface area (Å²) in [6, 6.07) is 19.0. The van der Waals surface area contributed by atoms with Crippen molar-refractivity contribution < 1.29 is 27.1 Å². The number of amides is 2. The molecule has 0 heterocycles. The number of halogens is 1. The predicted octanol–water partition coefficient (Wildman–Crippen LogP) is 3.97. The van der Waals surface area contributed by atoms with Crippen molar-refractivity contribution in [3.8, 4) is 5.75 Å². The van der Waals surface area contributed by atoms with Gasteiger partial charge in [0.05, 0.1) is 17.2 Å². The van der Waals surface area contributed by atoms with Crippen LogP contribution in [-0.2, 0) is 26.2 Å². The number of likely N-dealkylation sites (N-methyl/N-ethyl adjacent to an activating group) is 1. The van der Waals surface area contributed by atoms with Crippen LogP contribution in [0.2, 0.25) is 0 Å². The second-order valence-electron chi connectivity index (χ2n) is 8.44. The minimum Gasteiger partial charge on any atom is -0.494 e. The summed E-state index contributed by atoms with van der Waals surface area (Å²) < 4.78 is 47.6. The highest BCUT2D eigenvalue weighted by atomic mass is 32.2. The van der Waals surface area contributed by atoms with E-state index in [2.05, 4.69) is 5.32 Å². The van der Waals surface area contributed by atoms with Gasteiger partial charge in [0.15, 0.2) is 0 Å². The molecule has 10 heteroatoms. The van der Waals surface area contributed by atoms with E-state index in [9.17, 15) is 22.4 Å². The maximum Gasteiger partial charge on any atom is 0.264 e. The van der Waals surface area contributed by atoms with Gasteiger partial charge in [0.25, 0.3) is 10.0 Å². The number of anilines is 1. The minimum atomic E-state index is -4.25. The number of ether oxygens (including phenoxy) is 1. The van der Waals surface area contributed by atoms with Gasteiger partial charge in [-0.25, -0.2) is 12.8 Å². The van der Waals surface area contributed by atoms with Gasteiger partial charge in [-0.15, -0.1) is 0 Å². The predicted molar refractivity (Wildman–Crippen MR) is 144 cm³/mol. The maximum atomic E-state index is 13.8. The fourth-order valence-corrected chi connectivity index (χ4v) is 5.42. The Morgan fingerprint density at radius 3 is 2.13 bits per heavy atom. The molecular formula is C28H32FN3O5S. The topological polar surface area (TPSA) is 96.0 Å². The summed E-state index contributed by atoms with van der Waals surface area (Å²) >= 11 is 0. The van der Waals surface area contributed by atoms with Crippen LogP contribution >= 0.6 is 0 Å². The van der Waals surface area contributed by atoms with Gasteiger partial charge in [-0.3, -0.25) is 13.9 Å². The van der Waals surface area contributed by atoms with Crippen LogP contribution < -0.4 is 14.4 Å². The summed E-state index contributed by atoms with van der Waals surface area (Å²) in [5.41, 5.74) is 0.896. The van der Waals surface area contributed by atoms with E-state index < -0.39 is 34.3 Å². The fraction of sp³-hybridized carbons (Fsp3) is 0.286. The van der Waals surface area contributed by atoms with Crippen molar-refractivity contribution >= 4 is 27.5 Å². The second-order valence-corrected chi connectivity index (χ2v) is 10.3. The number of hydrogen-bond donors (Lipinski definition) is 1. The van der Waals surface area contributed by atoms with Crippen molar-refractivity contribution in [1.29, 1.82) is 0 Å². The van der Waals surface area contributed by atoms with Gasteiger partial charge < -0.3 is 15.0 Å². The Morgan fingerprint density at radius 1 is 0.947 bits per heavy atom. The molecule has 202 valence electrons. The molecule has 3 aromatic carbocycles. The summed E-state index contributed by atoms with van der Waals surface area (Å²) in [5, 5.41) is 2.58. The Kier molecular flexibility index (Phi) is 9.84. The number of benzene rings is 3. The van der Waals surface area contributed by atoms with E-state index in [4.69, 9.17) is 4.74 Å². The van der Waals surface area contributed by atoms with E-state index in [1.165, 1.54) is 48.3 Å². The molecule has 3 rings (SSSR count). The molecule has 0 radical (unpaired) electrons. The van der Waals surface area contributed by atoms with E-state index in [1.54, 1.807) is 6.92 Å². The molecule has 1 N–H and O–H groups in total. The van der Waals surface area contributed by atoms with E-state index >= 15 is 0 Å². The molecule has 0 fully saturated rings. The van der Waals surface area contributed by atoms with Crippen molar-refractivity contribution in [3.63, 3.8) is 0 Å². The zero-order valence-corrected chi connectivity index (χ0v) is 22.4. The first kappa shape index (κ1) is 28.6. The quantitative estimate of drug-likeness (QED) is 0.374. The molecule has 0 saturated carbocycles. The molecule has 0 aliphatic rings. The average molecular weight is 542 g/mol. The lowest BCUT2D eigenvalue weighted by Gasteiger charge is -2.33. The van der Waals surface area contributed by atoms with Crippen LogP contribution in [-0.4, -0.2) is 51.4 Å². The lowest BCUT2D eigenvalue weighted by Crippen LogP contribution is -2.51. The SMILES string of the molecule is CCOc1ccc(S(=O)(=O)N(CC(=O)N(Cc2ccccc2)C(CC)C(=O)NC)c2ccc(F)cc2)cc1. The normalized spacial score (nSPS) is 11.9. The number of carbonyl (C=O) groups excluding carboxylic acids is 2. The van der Waals surface area contributed by atoms with Crippen LogP contribution in [0.5, 0.6) is 5.75 Å². The van der Waals surface area contributed by atoms with Crippen molar-refractivity contribution in [3.05, 3.63) is 90.2 Å². The third-order valence-electron chi connectivity index (χ3n) is 5.94. The first-order chi connectivity index (χ1) is 18.2. The number of rotatable bonds is 12. The first-order valence-corrected chi connectivity index (χ1v) is 13.7. The zero-order valence-electron chi connectivity index (χ0n) is 21.6. The van der Waals surface area contributed by atoms with E-state index in [0.717, 1.165) is 22.0 Å². The van der Waals surface area contributed by atoms with Crippen LogP contribution in [0.3, 0.4) is 0 Å². The van der Waals surface area contributed by atoms with Gasteiger partial charge in [-0.1, -0.05) is 37.3 Å². The Labute approximate surface area is 223 Å². The molecule has 0 spiro atoms. The number of sulfonamides is 1. The summed E-state index contributed by atoms with van der Waals surface area (Å²) in [5.74, 6) is -0.987. The van der Waals surface area contributed by atoms with Crippen LogP contribution in [0.15, 0.2) is 83.8 Å². The summed E-state index contributed by atoms with van der Waals surface area (Å²) in [7, 11) is -2.77. The molecule has 1 atom stereocenters. The van der Waals surface area contributed by atoms with Crippen LogP contribution in [0, 0.1) is 5.82 Å². The number of carbonyl (C=O) groups is 2. The highest BCUT2D eigenvalue weighted by Gasteiger charge is 2.33. The molecule has 0 aromatic heterocycles.